The molecule has 0 radical (unpaired) electrons. The first-order valence-corrected chi connectivity index (χ1v) is 12.2. The first kappa shape index (κ1) is 24.7. The Labute approximate surface area is 196 Å². The standard InChI is InChI=1S/C17H17ClFNO3S.C5H6N2O2/c18-16-10-13(19)2-4-17(16)24(21,22)15-3-1-12(9-15)11-23-14-5-7-20-8-6-14;6-3-5(1-2-5)7-4(8)9/h2,4-8,10,12,15H,1,3,9,11H2;7H,1-2H2,(H,8,9)/t12-,15+;/m1./s1. The van der Waals surface area contributed by atoms with E-state index >= 15 is 0 Å². The molecule has 4 rings (SSSR count). The summed E-state index contributed by atoms with van der Waals surface area (Å²) in [5.41, 5.74) is -0.730. The molecule has 33 heavy (non-hydrogen) atoms. The van der Waals surface area contributed by atoms with Gasteiger partial charge in [-0.2, -0.15) is 5.26 Å². The van der Waals surface area contributed by atoms with Gasteiger partial charge in [0, 0.05) is 12.4 Å². The maximum absolute atomic E-state index is 13.1. The summed E-state index contributed by atoms with van der Waals surface area (Å²) in [6, 6.07) is 8.82. The predicted molar refractivity (Wildman–Crippen MR) is 118 cm³/mol. The third kappa shape index (κ3) is 6.55. The number of ether oxygens (including phenoxy) is 1. The minimum Gasteiger partial charge on any atom is -0.493 e. The maximum atomic E-state index is 13.1. The van der Waals surface area contributed by atoms with Crippen molar-refractivity contribution in [3.05, 3.63) is 53.6 Å². The number of nitriles is 1. The van der Waals surface area contributed by atoms with Crippen LogP contribution in [0, 0.1) is 23.1 Å². The van der Waals surface area contributed by atoms with Gasteiger partial charge in [0.25, 0.3) is 0 Å². The molecular formula is C22H23ClFN3O5S. The SMILES string of the molecule is N#CC1(NC(=O)O)CC1.O=S(=O)(c1ccc(F)cc1Cl)[C@H]1CC[C@@H](COc2ccncc2)C1. The van der Waals surface area contributed by atoms with Crippen LogP contribution in [0.15, 0.2) is 47.6 Å². The number of nitrogens with zero attached hydrogens (tertiary/aromatic N) is 2. The summed E-state index contributed by atoms with van der Waals surface area (Å²) in [6.45, 7) is 0.465. The molecule has 0 spiro atoms. The lowest BCUT2D eigenvalue weighted by Gasteiger charge is -2.14. The first-order valence-electron chi connectivity index (χ1n) is 10.3. The van der Waals surface area contributed by atoms with Gasteiger partial charge in [-0.05, 0) is 68.4 Å². The molecule has 2 N–H and O–H groups in total. The number of amides is 1. The van der Waals surface area contributed by atoms with E-state index in [2.05, 4.69) is 10.3 Å². The molecule has 2 aliphatic rings. The van der Waals surface area contributed by atoms with Gasteiger partial charge in [-0.25, -0.2) is 17.6 Å². The number of hydrogen-bond donors (Lipinski definition) is 2. The molecule has 2 saturated carbocycles. The van der Waals surface area contributed by atoms with Gasteiger partial charge in [-0.1, -0.05) is 11.6 Å². The Kier molecular flexibility index (Phi) is 7.76. The molecule has 0 aliphatic heterocycles. The van der Waals surface area contributed by atoms with Crippen molar-refractivity contribution in [3.8, 4) is 11.8 Å². The normalized spacial score (nSPS) is 20.6. The molecule has 2 aliphatic carbocycles. The number of hydrogen-bond acceptors (Lipinski definition) is 6. The lowest BCUT2D eigenvalue weighted by molar-refractivity contribution is 0.191. The molecule has 176 valence electrons. The van der Waals surface area contributed by atoms with Gasteiger partial charge in [0.05, 0.1) is 27.8 Å². The van der Waals surface area contributed by atoms with Gasteiger partial charge in [0.2, 0.25) is 0 Å². The maximum Gasteiger partial charge on any atom is 0.405 e. The molecule has 2 atom stereocenters. The molecule has 1 amide bonds. The van der Waals surface area contributed by atoms with E-state index in [1.165, 1.54) is 6.07 Å². The van der Waals surface area contributed by atoms with Crippen LogP contribution in [0.2, 0.25) is 5.02 Å². The van der Waals surface area contributed by atoms with Gasteiger partial charge < -0.3 is 15.2 Å². The lowest BCUT2D eigenvalue weighted by Crippen LogP contribution is -2.33. The minimum absolute atomic E-state index is 0.00580. The van der Waals surface area contributed by atoms with Gasteiger partial charge in [-0.15, -0.1) is 0 Å². The second-order valence-electron chi connectivity index (χ2n) is 8.04. The summed E-state index contributed by atoms with van der Waals surface area (Å²) in [7, 11) is -3.57. The van der Waals surface area contributed by atoms with Crippen molar-refractivity contribution < 1.29 is 27.4 Å². The van der Waals surface area contributed by atoms with Crippen molar-refractivity contribution in [1.82, 2.24) is 10.3 Å². The molecule has 1 heterocycles. The smallest absolute Gasteiger partial charge is 0.405 e. The van der Waals surface area contributed by atoms with Crippen LogP contribution in [0.3, 0.4) is 0 Å². The van der Waals surface area contributed by atoms with Crippen molar-refractivity contribution in [2.45, 2.75) is 47.8 Å². The van der Waals surface area contributed by atoms with Crippen molar-refractivity contribution in [1.29, 1.82) is 5.26 Å². The number of aromatic nitrogens is 1. The number of sulfone groups is 1. The van der Waals surface area contributed by atoms with Crippen molar-refractivity contribution in [3.63, 3.8) is 0 Å². The van der Waals surface area contributed by atoms with E-state index in [0.717, 1.165) is 24.3 Å². The van der Waals surface area contributed by atoms with E-state index in [4.69, 9.17) is 26.7 Å². The van der Waals surface area contributed by atoms with Crippen molar-refractivity contribution >= 4 is 27.5 Å². The molecular weight excluding hydrogens is 473 g/mol. The average molecular weight is 496 g/mol. The van der Waals surface area contributed by atoms with E-state index in [1.807, 2.05) is 6.07 Å². The van der Waals surface area contributed by atoms with Crippen LogP contribution in [0.1, 0.15) is 32.1 Å². The Hall–Kier alpha value is -2.90. The van der Waals surface area contributed by atoms with Crippen LogP contribution >= 0.6 is 11.6 Å². The quantitative estimate of drug-likeness (QED) is 0.574. The highest BCUT2D eigenvalue weighted by atomic mass is 35.5. The Balaban J connectivity index is 0.000000286. The third-order valence-electron chi connectivity index (χ3n) is 5.58. The molecule has 0 saturated heterocycles. The molecule has 0 unspecified atom stereocenters. The average Bonchev–Trinajstić information content (AvgIpc) is 3.36. The van der Waals surface area contributed by atoms with Gasteiger partial charge >= 0.3 is 6.09 Å². The number of carboxylic acid groups (broad SMARTS) is 1. The van der Waals surface area contributed by atoms with E-state index in [-0.39, 0.29) is 15.8 Å². The second-order valence-corrected chi connectivity index (χ2v) is 10.6. The van der Waals surface area contributed by atoms with Crippen LogP contribution < -0.4 is 10.1 Å². The Bertz CT molecular complexity index is 1140. The van der Waals surface area contributed by atoms with Crippen LogP contribution in [0.4, 0.5) is 9.18 Å². The van der Waals surface area contributed by atoms with Crippen LogP contribution in [-0.2, 0) is 9.84 Å². The van der Waals surface area contributed by atoms with Gasteiger partial charge in [0.1, 0.15) is 17.1 Å². The minimum atomic E-state index is -3.57. The number of carbonyl (C=O) groups is 1. The Morgan fingerprint density at radius 2 is 2.00 bits per heavy atom. The van der Waals surface area contributed by atoms with E-state index in [9.17, 15) is 17.6 Å². The van der Waals surface area contributed by atoms with Crippen LogP contribution in [0.5, 0.6) is 5.75 Å². The summed E-state index contributed by atoms with van der Waals surface area (Å²) in [5.74, 6) is 0.337. The highest BCUT2D eigenvalue weighted by Gasteiger charge is 2.44. The molecule has 0 bridgehead atoms. The molecule has 2 aromatic rings. The molecule has 8 nitrogen and oxygen atoms in total. The monoisotopic (exact) mass is 495 g/mol. The Morgan fingerprint density at radius 1 is 1.30 bits per heavy atom. The Morgan fingerprint density at radius 3 is 2.55 bits per heavy atom. The number of nitrogens with one attached hydrogen (secondary N) is 1. The van der Waals surface area contributed by atoms with Crippen molar-refractivity contribution in [2.24, 2.45) is 5.92 Å². The predicted octanol–water partition coefficient (Wildman–Crippen LogP) is 4.21. The summed E-state index contributed by atoms with van der Waals surface area (Å²) < 4.78 is 44.3. The first-order chi connectivity index (χ1) is 15.6. The number of pyridine rings is 1. The van der Waals surface area contributed by atoms with E-state index < -0.39 is 32.5 Å². The highest BCUT2D eigenvalue weighted by Crippen LogP contribution is 2.36. The van der Waals surface area contributed by atoms with Crippen molar-refractivity contribution in [2.75, 3.05) is 6.61 Å². The fourth-order valence-corrected chi connectivity index (χ4v) is 6.00. The fourth-order valence-electron chi connectivity index (χ4n) is 3.59. The summed E-state index contributed by atoms with van der Waals surface area (Å²) in [5, 5.41) is 18.1. The molecule has 1 aromatic carbocycles. The number of rotatable bonds is 6. The van der Waals surface area contributed by atoms with Gasteiger partial charge in [0.15, 0.2) is 9.84 Å². The second kappa shape index (κ2) is 10.4. The zero-order valence-corrected chi connectivity index (χ0v) is 19.2. The largest absolute Gasteiger partial charge is 0.493 e. The van der Waals surface area contributed by atoms with Crippen LogP contribution in [0.25, 0.3) is 0 Å². The van der Waals surface area contributed by atoms with Gasteiger partial charge in [-0.3, -0.25) is 4.98 Å². The topological polar surface area (TPSA) is 129 Å². The summed E-state index contributed by atoms with van der Waals surface area (Å²) in [4.78, 5) is 13.9. The van der Waals surface area contributed by atoms with Crippen LogP contribution in [-0.4, -0.2) is 42.0 Å². The lowest BCUT2D eigenvalue weighted by atomic mass is 10.1. The zero-order chi connectivity index (χ0) is 24.1. The van der Waals surface area contributed by atoms with E-state index in [0.29, 0.717) is 32.3 Å². The molecule has 11 heteroatoms. The zero-order valence-electron chi connectivity index (χ0n) is 17.6. The summed E-state index contributed by atoms with van der Waals surface area (Å²) >= 11 is 5.92. The summed E-state index contributed by atoms with van der Waals surface area (Å²) in [6.07, 6.45) is 5.32. The third-order valence-corrected chi connectivity index (χ3v) is 8.28. The number of halogens is 2. The fraction of sp³-hybridized carbons (Fsp3) is 0.409. The molecule has 2 fully saturated rings. The van der Waals surface area contributed by atoms with E-state index in [1.54, 1.807) is 24.5 Å². The number of benzene rings is 1. The highest BCUT2D eigenvalue weighted by molar-refractivity contribution is 7.92. The molecule has 1 aromatic heterocycles.